The van der Waals surface area contributed by atoms with Crippen molar-refractivity contribution in [1.82, 2.24) is 15.0 Å². The Hall–Kier alpha value is -6.65. The van der Waals surface area contributed by atoms with Crippen LogP contribution in [0.2, 0.25) is 0 Å². The lowest BCUT2D eigenvalue weighted by Crippen LogP contribution is -2.28. The summed E-state index contributed by atoms with van der Waals surface area (Å²) >= 11 is 0. The van der Waals surface area contributed by atoms with Crippen molar-refractivity contribution in [1.29, 1.82) is 0 Å². The molecule has 9 aromatic rings. The average Bonchev–Trinajstić information content (AvgIpc) is 3.77. The van der Waals surface area contributed by atoms with Crippen molar-refractivity contribution in [2.45, 2.75) is 37.5 Å². The van der Waals surface area contributed by atoms with Crippen LogP contribution < -0.4 is 0 Å². The van der Waals surface area contributed by atoms with E-state index in [4.69, 9.17) is 19.4 Å². The van der Waals surface area contributed by atoms with E-state index in [0.29, 0.717) is 17.5 Å². The molecule has 1 saturated carbocycles. The Bertz CT molecular complexity index is 2900. The van der Waals surface area contributed by atoms with Crippen LogP contribution >= 0.6 is 0 Å². The minimum Gasteiger partial charge on any atom is -0.455 e. The van der Waals surface area contributed by atoms with Gasteiger partial charge in [0.2, 0.25) is 0 Å². The van der Waals surface area contributed by atoms with Crippen LogP contribution in [-0.4, -0.2) is 15.0 Å². The second-order valence-electron chi connectivity index (χ2n) is 15.1. The van der Waals surface area contributed by atoms with Gasteiger partial charge in [0.15, 0.2) is 17.5 Å². The molecule has 2 heterocycles. The van der Waals surface area contributed by atoms with Crippen LogP contribution in [0, 0.1) is 0 Å². The Kier molecular flexibility index (Phi) is 7.38. The Morgan fingerprint density at radius 1 is 0.382 bits per heavy atom. The fraction of sp³-hybridized carbons (Fsp3) is 0.118. The van der Waals surface area contributed by atoms with Gasteiger partial charge in [-0.1, -0.05) is 159 Å². The largest absolute Gasteiger partial charge is 0.455 e. The minimum atomic E-state index is 0.123. The summed E-state index contributed by atoms with van der Waals surface area (Å²) in [6, 6.07) is 58.2. The lowest BCUT2D eigenvalue weighted by Gasteiger charge is -2.36. The van der Waals surface area contributed by atoms with E-state index in [1.807, 2.05) is 30.3 Å². The van der Waals surface area contributed by atoms with Crippen molar-refractivity contribution in [3.8, 4) is 67.5 Å². The van der Waals surface area contributed by atoms with Crippen LogP contribution in [0.4, 0.5) is 0 Å². The van der Waals surface area contributed by atoms with E-state index in [0.717, 1.165) is 49.8 Å². The highest BCUT2D eigenvalue weighted by Gasteiger charge is 2.43. The molecule has 0 radical (unpaired) electrons. The molecule has 4 heteroatoms. The van der Waals surface area contributed by atoms with Gasteiger partial charge in [-0.05, 0) is 81.6 Å². The quantitative estimate of drug-likeness (QED) is 0.179. The molecule has 2 aromatic heterocycles. The highest BCUT2D eigenvalue weighted by atomic mass is 16.3. The van der Waals surface area contributed by atoms with Crippen molar-refractivity contribution in [3.63, 3.8) is 0 Å². The van der Waals surface area contributed by atoms with Crippen LogP contribution in [0.1, 0.15) is 43.2 Å². The lowest BCUT2D eigenvalue weighted by molar-refractivity contribution is 0.353. The molecule has 0 unspecified atom stereocenters. The Balaban J connectivity index is 1.02. The van der Waals surface area contributed by atoms with E-state index in [1.54, 1.807) is 0 Å². The second-order valence-corrected chi connectivity index (χ2v) is 15.1. The van der Waals surface area contributed by atoms with Gasteiger partial charge in [0.25, 0.3) is 0 Å². The number of furan rings is 1. The third kappa shape index (κ3) is 5.24. The third-order valence-corrected chi connectivity index (χ3v) is 12.0. The molecule has 2 aliphatic rings. The maximum absolute atomic E-state index is 6.46. The van der Waals surface area contributed by atoms with Gasteiger partial charge >= 0.3 is 0 Å². The smallest absolute Gasteiger partial charge is 0.167 e. The predicted molar refractivity (Wildman–Crippen MR) is 224 cm³/mol. The van der Waals surface area contributed by atoms with E-state index in [1.165, 1.54) is 65.5 Å². The predicted octanol–water partition coefficient (Wildman–Crippen LogP) is 13.3. The molecule has 0 aliphatic heterocycles. The van der Waals surface area contributed by atoms with Gasteiger partial charge in [0.05, 0.1) is 5.56 Å². The Labute approximate surface area is 320 Å². The van der Waals surface area contributed by atoms with Gasteiger partial charge in [0, 0.05) is 27.3 Å². The zero-order chi connectivity index (χ0) is 36.3. The van der Waals surface area contributed by atoms with E-state index < -0.39 is 0 Å². The zero-order valence-electron chi connectivity index (χ0n) is 30.4. The van der Waals surface area contributed by atoms with Crippen LogP contribution in [0.5, 0.6) is 0 Å². The van der Waals surface area contributed by atoms with Gasteiger partial charge < -0.3 is 4.42 Å². The second kappa shape index (κ2) is 12.7. The maximum atomic E-state index is 6.46. The number of para-hydroxylation sites is 2. The molecule has 0 amide bonds. The van der Waals surface area contributed by atoms with E-state index >= 15 is 0 Å². The molecule has 0 N–H and O–H groups in total. The van der Waals surface area contributed by atoms with Crippen LogP contribution in [0.3, 0.4) is 0 Å². The first-order valence-electron chi connectivity index (χ1n) is 19.4. The standard InChI is InChI=1S/C51H37N3O/c1-3-13-33(14-4-1)36-15-11-16-38(31-36)49-52-48(53-50(54-49)43-20-12-19-42-41-18-6-8-22-46(41)55-47(42)43)35-25-23-34(24-26-35)37-27-28-40-39-17-5-7-21-44(39)51(45(40)32-37)29-9-2-10-30-51/h1,3-8,11-28,31-32H,2,9-10,29-30H2. The summed E-state index contributed by atoms with van der Waals surface area (Å²) in [5, 5.41) is 2.12. The molecular weight excluding hydrogens is 671 g/mol. The SMILES string of the molecule is c1ccc(-c2cccc(-c3nc(-c4ccc(-c5ccc6c(c5)C5(CCCCC5)c5ccccc5-6)cc4)nc(-c4cccc5c4oc4ccccc45)n3)c2)cc1. The van der Waals surface area contributed by atoms with E-state index in [2.05, 4.69) is 133 Å². The topological polar surface area (TPSA) is 51.8 Å². The molecular formula is C51H37N3O. The zero-order valence-corrected chi connectivity index (χ0v) is 30.4. The van der Waals surface area contributed by atoms with Crippen LogP contribution in [0.25, 0.3) is 89.5 Å². The summed E-state index contributed by atoms with van der Waals surface area (Å²) in [6.07, 6.45) is 6.33. The maximum Gasteiger partial charge on any atom is 0.167 e. The van der Waals surface area contributed by atoms with Crippen LogP contribution in [-0.2, 0) is 5.41 Å². The highest BCUT2D eigenvalue weighted by molar-refractivity contribution is 6.09. The Morgan fingerprint density at radius 3 is 1.84 bits per heavy atom. The van der Waals surface area contributed by atoms with Gasteiger partial charge in [0.1, 0.15) is 11.2 Å². The van der Waals surface area contributed by atoms with Crippen LogP contribution in [0.15, 0.2) is 168 Å². The third-order valence-electron chi connectivity index (χ3n) is 12.0. The van der Waals surface area contributed by atoms with Crippen molar-refractivity contribution in [2.24, 2.45) is 0 Å². The van der Waals surface area contributed by atoms with Gasteiger partial charge in [-0.15, -0.1) is 0 Å². The highest BCUT2D eigenvalue weighted by Crippen LogP contribution is 2.56. The fourth-order valence-electron chi connectivity index (χ4n) is 9.29. The van der Waals surface area contributed by atoms with Gasteiger partial charge in [-0.3, -0.25) is 0 Å². The molecule has 7 aromatic carbocycles. The van der Waals surface area contributed by atoms with E-state index in [-0.39, 0.29) is 5.41 Å². The van der Waals surface area contributed by atoms with Gasteiger partial charge in [-0.25, -0.2) is 15.0 Å². The molecule has 1 spiro atoms. The first kappa shape index (κ1) is 31.8. The number of nitrogens with zero attached hydrogens (tertiary/aromatic N) is 3. The summed E-state index contributed by atoms with van der Waals surface area (Å²) in [5.74, 6) is 1.82. The van der Waals surface area contributed by atoms with Crippen molar-refractivity contribution >= 4 is 21.9 Å². The Morgan fingerprint density at radius 2 is 0.964 bits per heavy atom. The average molecular weight is 708 g/mol. The normalized spacial score (nSPS) is 14.3. The first-order valence-corrected chi connectivity index (χ1v) is 19.4. The minimum absolute atomic E-state index is 0.123. The molecule has 4 nitrogen and oxygen atoms in total. The fourth-order valence-corrected chi connectivity index (χ4v) is 9.29. The van der Waals surface area contributed by atoms with Crippen molar-refractivity contribution in [2.75, 3.05) is 0 Å². The number of fused-ring (bicyclic) bond motifs is 8. The number of benzene rings is 7. The molecule has 262 valence electrons. The number of rotatable bonds is 5. The summed E-state index contributed by atoms with van der Waals surface area (Å²) in [5.41, 5.74) is 15.0. The molecule has 55 heavy (non-hydrogen) atoms. The van der Waals surface area contributed by atoms with Gasteiger partial charge in [-0.2, -0.15) is 0 Å². The molecule has 11 rings (SSSR count). The monoisotopic (exact) mass is 707 g/mol. The summed E-state index contributed by atoms with van der Waals surface area (Å²) in [4.78, 5) is 15.4. The molecule has 2 aliphatic carbocycles. The van der Waals surface area contributed by atoms with Crippen molar-refractivity contribution < 1.29 is 4.42 Å². The molecule has 0 atom stereocenters. The summed E-state index contributed by atoms with van der Waals surface area (Å²) in [6.45, 7) is 0. The first-order chi connectivity index (χ1) is 27.2. The molecule has 0 saturated heterocycles. The van der Waals surface area contributed by atoms with Crippen molar-refractivity contribution in [3.05, 3.63) is 175 Å². The number of aromatic nitrogens is 3. The van der Waals surface area contributed by atoms with E-state index in [9.17, 15) is 0 Å². The summed E-state index contributed by atoms with van der Waals surface area (Å²) in [7, 11) is 0. The number of hydrogen-bond acceptors (Lipinski definition) is 4. The molecule has 0 bridgehead atoms. The molecule has 1 fully saturated rings. The number of hydrogen-bond donors (Lipinski definition) is 0. The summed E-state index contributed by atoms with van der Waals surface area (Å²) < 4.78 is 6.46. The lowest BCUT2D eigenvalue weighted by atomic mass is 9.67.